The molecule has 0 unspecified atom stereocenters. The molecule has 0 N–H and O–H groups in total. The number of alkyl halides is 3. The van der Waals surface area contributed by atoms with Crippen LogP contribution in [0.25, 0.3) is 0 Å². The number of oxazole rings is 1. The first-order chi connectivity index (χ1) is 8.13. The topological polar surface area (TPSA) is 60.2 Å². The standard InChI is InChI=1S/C8H6F5NO3S/c9-6(10)2-1-3-18(15,16)7-14-5(4-17-7)8(11,12)13/h2,4H,1,3H2. The molecule has 1 aromatic heterocycles. The number of allylic oxidation sites excluding steroid dienone is 1. The lowest BCUT2D eigenvalue weighted by molar-refractivity contribution is -0.141. The van der Waals surface area contributed by atoms with Gasteiger partial charge in [-0.2, -0.15) is 26.9 Å². The van der Waals surface area contributed by atoms with Gasteiger partial charge in [0.25, 0.3) is 6.08 Å². The molecular formula is C8H6F5NO3S. The fourth-order valence-corrected chi connectivity index (χ4v) is 1.98. The average Bonchev–Trinajstić information content (AvgIpc) is 2.64. The van der Waals surface area contributed by atoms with E-state index in [-0.39, 0.29) is 6.26 Å². The van der Waals surface area contributed by atoms with Gasteiger partial charge < -0.3 is 4.42 Å². The van der Waals surface area contributed by atoms with Crippen LogP contribution in [0, 0.1) is 0 Å². The highest BCUT2D eigenvalue weighted by Gasteiger charge is 2.36. The van der Waals surface area contributed by atoms with E-state index in [0.717, 1.165) is 0 Å². The Morgan fingerprint density at radius 3 is 2.44 bits per heavy atom. The monoisotopic (exact) mass is 291 g/mol. The van der Waals surface area contributed by atoms with E-state index in [4.69, 9.17) is 0 Å². The second-order valence-electron chi connectivity index (χ2n) is 3.10. The zero-order chi connectivity index (χ0) is 14.0. The van der Waals surface area contributed by atoms with Gasteiger partial charge in [-0.25, -0.2) is 8.42 Å². The number of hydrogen-bond acceptors (Lipinski definition) is 4. The summed E-state index contributed by atoms with van der Waals surface area (Å²) >= 11 is 0. The molecule has 0 aliphatic heterocycles. The maximum Gasteiger partial charge on any atom is 0.436 e. The molecule has 0 aliphatic rings. The van der Waals surface area contributed by atoms with E-state index in [1.165, 1.54) is 0 Å². The molecule has 10 heteroatoms. The van der Waals surface area contributed by atoms with Crippen LogP contribution in [0.1, 0.15) is 12.1 Å². The molecule has 1 rings (SSSR count). The highest BCUT2D eigenvalue weighted by atomic mass is 32.2. The van der Waals surface area contributed by atoms with E-state index in [2.05, 4.69) is 9.40 Å². The lowest BCUT2D eigenvalue weighted by atomic mass is 10.5. The first-order valence-electron chi connectivity index (χ1n) is 4.39. The molecule has 0 saturated carbocycles. The summed E-state index contributed by atoms with van der Waals surface area (Å²) in [5.74, 6) is -0.817. The highest BCUT2D eigenvalue weighted by Crippen LogP contribution is 2.29. The number of rotatable bonds is 4. The van der Waals surface area contributed by atoms with Crippen molar-refractivity contribution in [1.82, 2.24) is 4.98 Å². The van der Waals surface area contributed by atoms with E-state index < -0.39 is 45.2 Å². The summed E-state index contributed by atoms with van der Waals surface area (Å²) < 4.78 is 86.6. The van der Waals surface area contributed by atoms with Crippen LogP contribution >= 0.6 is 0 Å². The second kappa shape index (κ2) is 5.04. The van der Waals surface area contributed by atoms with Crippen LogP contribution < -0.4 is 0 Å². The van der Waals surface area contributed by atoms with Gasteiger partial charge in [0.15, 0.2) is 5.69 Å². The van der Waals surface area contributed by atoms with E-state index in [0.29, 0.717) is 6.08 Å². The van der Waals surface area contributed by atoms with Gasteiger partial charge in [0.2, 0.25) is 9.84 Å². The van der Waals surface area contributed by atoms with Gasteiger partial charge >= 0.3 is 11.4 Å². The van der Waals surface area contributed by atoms with Crippen molar-refractivity contribution >= 4 is 9.84 Å². The minimum atomic E-state index is -4.83. The number of sulfone groups is 1. The number of halogens is 5. The van der Waals surface area contributed by atoms with Crippen molar-refractivity contribution in [3.63, 3.8) is 0 Å². The lowest BCUT2D eigenvalue weighted by Gasteiger charge is -1.98. The maximum atomic E-state index is 12.1. The van der Waals surface area contributed by atoms with Crippen LogP contribution in [0.15, 0.2) is 28.1 Å². The quantitative estimate of drug-likeness (QED) is 0.800. The molecule has 0 atom stereocenters. The molecule has 0 radical (unpaired) electrons. The SMILES string of the molecule is O=S(=O)(CCC=C(F)F)c1nc(C(F)(F)F)co1. The molecular weight excluding hydrogens is 285 g/mol. The predicted octanol–water partition coefficient (Wildman–Crippen LogP) is 2.64. The van der Waals surface area contributed by atoms with Gasteiger partial charge in [0, 0.05) is 0 Å². The second-order valence-corrected chi connectivity index (χ2v) is 5.08. The Morgan fingerprint density at radius 2 is 2.00 bits per heavy atom. The fraction of sp³-hybridized carbons (Fsp3) is 0.375. The van der Waals surface area contributed by atoms with Gasteiger partial charge in [-0.3, -0.25) is 0 Å². The smallest absolute Gasteiger partial charge is 0.436 e. The fourth-order valence-electron chi connectivity index (χ4n) is 0.941. The van der Waals surface area contributed by atoms with Gasteiger partial charge in [-0.15, -0.1) is 0 Å². The zero-order valence-corrected chi connectivity index (χ0v) is 9.36. The summed E-state index contributed by atoms with van der Waals surface area (Å²) in [7, 11) is -4.25. The van der Waals surface area contributed by atoms with Crippen molar-refractivity contribution in [3.05, 3.63) is 24.1 Å². The summed E-state index contributed by atoms with van der Waals surface area (Å²) in [5, 5.41) is -1.14. The zero-order valence-electron chi connectivity index (χ0n) is 8.54. The van der Waals surface area contributed by atoms with Gasteiger partial charge in [-0.1, -0.05) is 0 Å². The van der Waals surface area contributed by atoms with Crippen LogP contribution in [-0.2, 0) is 16.0 Å². The molecule has 0 fully saturated rings. The van der Waals surface area contributed by atoms with Gasteiger partial charge in [0.05, 0.1) is 5.75 Å². The Bertz CT molecular complexity index is 541. The lowest BCUT2D eigenvalue weighted by Crippen LogP contribution is -2.09. The number of nitrogens with zero attached hydrogens (tertiary/aromatic N) is 1. The molecule has 18 heavy (non-hydrogen) atoms. The third-order valence-corrected chi connectivity index (χ3v) is 3.22. The summed E-state index contributed by atoms with van der Waals surface area (Å²) in [6.45, 7) is 0. The van der Waals surface area contributed by atoms with Crippen molar-refractivity contribution in [2.45, 2.75) is 17.8 Å². The van der Waals surface area contributed by atoms with E-state index in [9.17, 15) is 30.4 Å². The van der Waals surface area contributed by atoms with Crippen molar-refractivity contribution in [3.8, 4) is 0 Å². The summed E-state index contributed by atoms with van der Waals surface area (Å²) in [5.41, 5.74) is -1.49. The third-order valence-electron chi connectivity index (χ3n) is 1.72. The Labute approximate surface area is 98.0 Å². The first-order valence-corrected chi connectivity index (χ1v) is 6.05. The van der Waals surface area contributed by atoms with Crippen molar-refractivity contribution in [2.75, 3.05) is 5.75 Å². The largest absolute Gasteiger partial charge is 0.436 e. The van der Waals surface area contributed by atoms with Crippen molar-refractivity contribution in [2.24, 2.45) is 0 Å². The maximum absolute atomic E-state index is 12.1. The van der Waals surface area contributed by atoms with E-state index in [1.54, 1.807) is 0 Å². The predicted molar refractivity (Wildman–Crippen MR) is 48.5 cm³/mol. The molecule has 0 spiro atoms. The van der Waals surface area contributed by atoms with Crippen molar-refractivity contribution < 1.29 is 34.8 Å². The minimum Gasteiger partial charge on any atom is -0.436 e. The Balaban J connectivity index is 2.86. The molecule has 0 aromatic carbocycles. The molecule has 4 nitrogen and oxygen atoms in total. The Hall–Kier alpha value is -1.45. The van der Waals surface area contributed by atoms with Crippen LogP contribution in [0.3, 0.4) is 0 Å². The summed E-state index contributed by atoms with van der Waals surface area (Å²) in [4.78, 5) is 2.76. The first kappa shape index (κ1) is 14.6. The van der Waals surface area contributed by atoms with Gasteiger partial charge in [0.1, 0.15) is 6.26 Å². The van der Waals surface area contributed by atoms with Crippen LogP contribution in [-0.4, -0.2) is 19.2 Å². The molecule has 1 heterocycles. The molecule has 102 valence electrons. The minimum absolute atomic E-state index is 0.151. The Morgan fingerprint density at radius 1 is 1.39 bits per heavy atom. The molecule has 0 saturated heterocycles. The molecule has 0 bridgehead atoms. The Kier molecular flexibility index (Phi) is 4.09. The average molecular weight is 291 g/mol. The molecule has 0 amide bonds. The van der Waals surface area contributed by atoms with Crippen LogP contribution in [0.4, 0.5) is 22.0 Å². The van der Waals surface area contributed by atoms with E-state index in [1.807, 2.05) is 0 Å². The normalized spacial score (nSPS) is 12.5. The number of aromatic nitrogens is 1. The molecule has 0 aliphatic carbocycles. The van der Waals surface area contributed by atoms with Crippen LogP contribution in [0.5, 0.6) is 0 Å². The summed E-state index contributed by atoms with van der Waals surface area (Å²) in [6.07, 6.45) is -6.96. The molecule has 1 aromatic rings. The van der Waals surface area contributed by atoms with E-state index >= 15 is 0 Å². The third kappa shape index (κ3) is 3.79. The highest BCUT2D eigenvalue weighted by molar-refractivity contribution is 7.91. The number of hydrogen-bond donors (Lipinski definition) is 0. The van der Waals surface area contributed by atoms with Crippen molar-refractivity contribution in [1.29, 1.82) is 0 Å². The van der Waals surface area contributed by atoms with Crippen LogP contribution in [0.2, 0.25) is 0 Å². The summed E-state index contributed by atoms with van der Waals surface area (Å²) in [6, 6.07) is 0. The van der Waals surface area contributed by atoms with Gasteiger partial charge in [-0.05, 0) is 12.5 Å².